The van der Waals surface area contributed by atoms with Gasteiger partial charge in [-0.1, -0.05) is 0 Å². The van der Waals surface area contributed by atoms with Crippen LogP contribution in [0.2, 0.25) is 0 Å². The van der Waals surface area contributed by atoms with Crippen LogP contribution in [0.1, 0.15) is 20.8 Å². The monoisotopic (exact) mass is 286 g/mol. The lowest BCUT2D eigenvalue weighted by Gasteiger charge is -2.23. The second-order valence-corrected chi connectivity index (χ2v) is 7.72. The van der Waals surface area contributed by atoms with Crippen LogP contribution in [0.15, 0.2) is 18.2 Å². The number of hydrogen-bond donors (Lipinski definition) is 2. The van der Waals surface area contributed by atoms with Crippen molar-refractivity contribution in [2.75, 3.05) is 30.5 Å². The maximum atomic E-state index is 11.6. The summed E-state index contributed by atoms with van der Waals surface area (Å²) in [5.41, 5.74) is 7.13. The van der Waals surface area contributed by atoms with Crippen LogP contribution >= 0.6 is 0 Å². The number of hydrogen-bond acceptors (Lipinski definition) is 5. The van der Waals surface area contributed by atoms with Gasteiger partial charge in [0.1, 0.15) is 5.75 Å². The van der Waals surface area contributed by atoms with Gasteiger partial charge >= 0.3 is 0 Å². The first-order valence-corrected chi connectivity index (χ1v) is 8.02. The van der Waals surface area contributed by atoms with E-state index in [1.165, 1.54) is 6.26 Å². The molecule has 1 aromatic carbocycles. The summed E-state index contributed by atoms with van der Waals surface area (Å²) in [6.45, 7) is 6.11. The molecule has 0 atom stereocenters. The van der Waals surface area contributed by atoms with Crippen LogP contribution in [0, 0.1) is 0 Å². The van der Waals surface area contributed by atoms with Gasteiger partial charge in [-0.05, 0) is 32.9 Å². The zero-order valence-electron chi connectivity index (χ0n) is 11.9. The Morgan fingerprint density at radius 1 is 1.37 bits per heavy atom. The zero-order valence-corrected chi connectivity index (χ0v) is 12.7. The van der Waals surface area contributed by atoms with Crippen molar-refractivity contribution in [3.05, 3.63) is 18.2 Å². The van der Waals surface area contributed by atoms with E-state index in [0.29, 0.717) is 24.6 Å². The fraction of sp³-hybridized carbons (Fsp3) is 0.538. The van der Waals surface area contributed by atoms with Crippen LogP contribution in [0.25, 0.3) is 0 Å². The Balaban J connectivity index is 2.82. The molecule has 3 N–H and O–H groups in total. The number of ether oxygens (including phenoxy) is 1. The summed E-state index contributed by atoms with van der Waals surface area (Å²) in [4.78, 5) is 0. The second-order valence-electron chi connectivity index (χ2n) is 5.07. The highest BCUT2D eigenvalue weighted by Gasteiger charge is 2.29. The van der Waals surface area contributed by atoms with Crippen LogP contribution in [0.3, 0.4) is 0 Å². The number of nitrogens with one attached hydrogen (secondary N) is 1. The summed E-state index contributed by atoms with van der Waals surface area (Å²) in [6, 6.07) is 5.31. The molecule has 0 aliphatic rings. The Kier molecular flexibility index (Phi) is 4.68. The largest absolute Gasteiger partial charge is 0.492 e. The summed E-state index contributed by atoms with van der Waals surface area (Å²) < 4.78 is 27.8. The van der Waals surface area contributed by atoms with Gasteiger partial charge in [0.25, 0.3) is 0 Å². The third-order valence-corrected chi connectivity index (χ3v) is 5.19. The van der Waals surface area contributed by atoms with E-state index in [2.05, 4.69) is 5.32 Å². The second kappa shape index (κ2) is 5.69. The van der Waals surface area contributed by atoms with Gasteiger partial charge in [-0.15, -0.1) is 0 Å². The van der Waals surface area contributed by atoms with Crippen molar-refractivity contribution in [3.63, 3.8) is 0 Å². The normalized spacial score (nSPS) is 12.2. The van der Waals surface area contributed by atoms with Crippen molar-refractivity contribution in [1.29, 1.82) is 0 Å². The molecule has 0 saturated heterocycles. The van der Waals surface area contributed by atoms with Crippen LogP contribution in [-0.2, 0) is 9.84 Å². The minimum Gasteiger partial charge on any atom is -0.492 e. The van der Waals surface area contributed by atoms with E-state index in [9.17, 15) is 8.42 Å². The Morgan fingerprint density at radius 2 is 2.00 bits per heavy atom. The van der Waals surface area contributed by atoms with Crippen LogP contribution in [0.4, 0.5) is 11.4 Å². The smallest absolute Gasteiger partial charge is 0.154 e. The van der Waals surface area contributed by atoms with E-state index in [1.807, 2.05) is 6.92 Å². The summed E-state index contributed by atoms with van der Waals surface area (Å²) in [6.07, 6.45) is 1.24. The first-order valence-electron chi connectivity index (χ1n) is 6.13. The van der Waals surface area contributed by atoms with Crippen molar-refractivity contribution in [1.82, 2.24) is 0 Å². The standard InChI is InChI=1S/C13H22N2O3S/c1-5-18-12-8-10(6-7-11(12)14)15-9-13(2,3)19(4,16)17/h6-8,15H,5,9,14H2,1-4H3. The zero-order chi connectivity index (χ0) is 14.7. The molecule has 0 bridgehead atoms. The molecule has 0 spiro atoms. The van der Waals surface area contributed by atoms with E-state index in [0.717, 1.165) is 5.69 Å². The molecular weight excluding hydrogens is 264 g/mol. The molecule has 1 aromatic rings. The first-order chi connectivity index (χ1) is 8.67. The Morgan fingerprint density at radius 3 is 2.53 bits per heavy atom. The SMILES string of the molecule is CCOc1cc(NCC(C)(C)S(C)(=O)=O)ccc1N. The van der Waals surface area contributed by atoms with Gasteiger partial charge in [0.2, 0.25) is 0 Å². The Bertz CT molecular complexity index is 539. The van der Waals surface area contributed by atoms with E-state index in [4.69, 9.17) is 10.5 Å². The molecule has 0 heterocycles. The predicted octanol–water partition coefficient (Wildman–Crippen LogP) is 1.90. The fourth-order valence-electron chi connectivity index (χ4n) is 1.37. The summed E-state index contributed by atoms with van der Waals surface area (Å²) in [7, 11) is -3.12. The highest BCUT2D eigenvalue weighted by molar-refractivity contribution is 7.92. The number of sulfone groups is 1. The summed E-state index contributed by atoms with van der Waals surface area (Å²) >= 11 is 0. The summed E-state index contributed by atoms with van der Waals surface area (Å²) in [5.74, 6) is 0.602. The van der Waals surface area contributed by atoms with E-state index in [1.54, 1.807) is 32.0 Å². The minimum atomic E-state index is -3.12. The number of rotatable bonds is 6. The molecule has 0 aromatic heterocycles. The molecule has 0 radical (unpaired) electrons. The average molecular weight is 286 g/mol. The van der Waals surface area contributed by atoms with E-state index < -0.39 is 14.6 Å². The number of anilines is 2. The summed E-state index contributed by atoms with van der Waals surface area (Å²) in [5, 5.41) is 3.10. The van der Waals surface area contributed by atoms with Gasteiger partial charge < -0.3 is 15.8 Å². The number of nitrogen functional groups attached to an aromatic ring is 1. The quantitative estimate of drug-likeness (QED) is 0.781. The molecule has 108 valence electrons. The third-order valence-electron chi connectivity index (χ3n) is 3.04. The van der Waals surface area contributed by atoms with Crippen molar-refractivity contribution < 1.29 is 13.2 Å². The van der Waals surface area contributed by atoms with Crippen molar-refractivity contribution in [2.24, 2.45) is 0 Å². The highest BCUT2D eigenvalue weighted by atomic mass is 32.2. The van der Waals surface area contributed by atoms with Gasteiger partial charge in [-0.2, -0.15) is 0 Å². The van der Waals surface area contributed by atoms with Crippen molar-refractivity contribution in [3.8, 4) is 5.75 Å². The molecule has 5 nitrogen and oxygen atoms in total. The molecule has 19 heavy (non-hydrogen) atoms. The van der Waals surface area contributed by atoms with Crippen LogP contribution < -0.4 is 15.8 Å². The van der Waals surface area contributed by atoms with Gasteiger partial charge in [0.05, 0.1) is 17.0 Å². The predicted molar refractivity (Wildman–Crippen MR) is 79.4 cm³/mol. The van der Waals surface area contributed by atoms with Crippen LogP contribution in [-0.4, -0.2) is 32.6 Å². The lowest BCUT2D eigenvalue weighted by Crippen LogP contribution is -2.38. The lowest BCUT2D eigenvalue weighted by molar-refractivity contribution is 0.342. The molecule has 0 unspecified atom stereocenters. The highest BCUT2D eigenvalue weighted by Crippen LogP contribution is 2.26. The maximum absolute atomic E-state index is 11.6. The van der Waals surface area contributed by atoms with E-state index >= 15 is 0 Å². The van der Waals surface area contributed by atoms with Crippen molar-refractivity contribution >= 4 is 21.2 Å². The Hall–Kier alpha value is -1.43. The minimum absolute atomic E-state index is 0.321. The maximum Gasteiger partial charge on any atom is 0.154 e. The van der Waals surface area contributed by atoms with E-state index in [-0.39, 0.29) is 0 Å². The molecule has 0 amide bonds. The Labute approximate surface area is 115 Å². The average Bonchev–Trinajstić information content (AvgIpc) is 2.29. The molecule has 1 rings (SSSR count). The van der Waals surface area contributed by atoms with Crippen LogP contribution in [0.5, 0.6) is 5.75 Å². The lowest BCUT2D eigenvalue weighted by atomic mass is 10.2. The van der Waals surface area contributed by atoms with Gasteiger partial charge in [0, 0.05) is 24.6 Å². The van der Waals surface area contributed by atoms with Crippen molar-refractivity contribution in [2.45, 2.75) is 25.5 Å². The number of nitrogens with two attached hydrogens (primary N) is 1. The molecule has 0 saturated carbocycles. The molecule has 0 aliphatic carbocycles. The first kappa shape index (κ1) is 15.6. The molecule has 0 aliphatic heterocycles. The number of benzene rings is 1. The van der Waals surface area contributed by atoms with Gasteiger partial charge in [0.15, 0.2) is 9.84 Å². The fourth-order valence-corrected chi connectivity index (χ4v) is 1.71. The third kappa shape index (κ3) is 4.02. The molecule has 0 fully saturated rings. The topological polar surface area (TPSA) is 81.4 Å². The molecule has 6 heteroatoms. The molecular formula is C13H22N2O3S. The van der Waals surface area contributed by atoms with Gasteiger partial charge in [-0.25, -0.2) is 8.42 Å². The van der Waals surface area contributed by atoms with Gasteiger partial charge in [-0.3, -0.25) is 0 Å².